The van der Waals surface area contributed by atoms with Crippen molar-refractivity contribution in [1.82, 2.24) is 4.31 Å². The van der Waals surface area contributed by atoms with Gasteiger partial charge < -0.3 is 0 Å². The summed E-state index contributed by atoms with van der Waals surface area (Å²) in [5.41, 5.74) is 2.09. The van der Waals surface area contributed by atoms with E-state index in [4.69, 9.17) is 23.2 Å². The fourth-order valence-corrected chi connectivity index (χ4v) is 5.34. The Morgan fingerprint density at radius 1 is 0.828 bits per heavy atom. The molecular weight excluding hydrogens is 429 g/mol. The molecule has 4 nitrogen and oxygen atoms in total. The third kappa shape index (κ3) is 3.83. The van der Waals surface area contributed by atoms with Gasteiger partial charge in [-0.15, -0.1) is 0 Å². The monoisotopic (exact) mass is 445 g/mol. The van der Waals surface area contributed by atoms with E-state index in [-0.39, 0.29) is 10.7 Å². The SMILES string of the molecule is Cc1ccc(S(=O)(=O)N2[C@@H](C(=O)c3ccc(Cl)cc3)[C@@H]2c2ccc(Cl)cc2)cc1. The van der Waals surface area contributed by atoms with Crippen molar-refractivity contribution in [2.75, 3.05) is 0 Å². The molecule has 3 aromatic rings. The van der Waals surface area contributed by atoms with Gasteiger partial charge in [-0.3, -0.25) is 4.79 Å². The van der Waals surface area contributed by atoms with E-state index in [2.05, 4.69) is 0 Å². The van der Waals surface area contributed by atoms with Crippen LogP contribution >= 0.6 is 23.2 Å². The minimum Gasteiger partial charge on any atom is -0.292 e. The predicted octanol–water partition coefficient (Wildman–Crippen LogP) is 5.30. The number of carbonyl (C=O) groups is 1. The molecule has 0 aliphatic carbocycles. The first kappa shape index (κ1) is 20.1. The van der Waals surface area contributed by atoms with Crippen molar-refractivity contribution in [3.05, 3.63) is 99.5 Å². The number of carbonyl (C=O) groups excluding carboxylic acids is 1. The van der Waals surface area contributed by atoms with Gasteiger partial charge in [0.15, 0.2) is 5.78 Å². The highest BCUT2D eigenvalue weighted by Crippen LogP contribution is 2.49. The summed E-state index contributed by atoms with van der Waals surface area (Å²) in [7, 11) is -3.85. The zero-order chi connectivity index (χ0) is 20.8. The second-order valence-electron chi connectivity index (χ2n) is 6.96. The molecule has 3 atom stereocenters. The zero-order valence-corrected chi connectivity index (χ0v) is 17.7. The van der Waals surface area contributed by atoms with Gasteiger partial charge in [0.2, 0.25) is 10.0 Å². The van der Waals surface area contributed by atoms with Crippen molar-refractivity contribution in [3.8, 4) is 0 Å². The lowest BCUT2D eigenvalue weighted by molar-refractivity contribution is 0.0981. The van der Waals surface area contributed by atoms with Crippen molar-refractivity contribution in [1.29, 1.82) is 0 Å². The Morgan fingerprint density at radius 3 is 1.90 bits per heavy atom. The minimum absolute atomic E-state index is 0.161. The van der Waals surface area contributed by atoms with E-state index >= 15 is 0 Å². The van der Waals surface area contributed by atoms with Crippen LogP contribution in [0.1, 0.15) is 27.5 Å². The van der Waals surface area contributed by atoms with Crippen LogP contribution in [0, 0.1) is 6.92 Å². The highest BCUT2D eigenvalue weighted by atomic mass is 35.5. The van der Waals surface area contributed by atoms with E-state index in [0.717, 1.165) is 11.1 Å². The van der Waals surface area contributed by atoms with Gasteiger partial charge in [0.1, 0.15) is 6.04 Å². The maximum Gasteiger partial charge on any atom is 0.244 e. The topological polar surface area (TPSA) is 54.2 Å². The molecule has 1 fully saturated rings. The Hall–Kier alpha value is -2.18. The van der Waals surface area contributed by atoms with Gasteiger partial charge in [0.05, 0.1) is 10.9 Å². The first-order valence-electron chi connectivity index (χ1n) is 8.94. The first-order chi connectivity index (χ1) is 13.8. The third-order valence-corrected chi connectivity index (χ3v) is 7.34. The van der Waals surface area contributed by atoms with Gasteiger partial charge >= 0.3 is 0 Å². The van der Waals surface area contributed by atoms with Crippen LogP contribution in [-0.2, 0) is 10.0 Å². The molecule has 7 heteroatoms. The Bertz CT molecular complexity index is 1160. The average molecular weight is 446 g/mol. The summed E-state index contributed by atoms with van der Waals surface area (Å²) in [6, 6.07) is 18.5. The van der Waals surface area contributed by atoms with Gasteiger partial charge in [-0.05, 0) is 61.0 Å². The Labute approximate surface area is 179 Å². The second kappa shape index (κ2) is 7.58. The van der Waals surface area contributed by atoms with Crippen molar-refractivity contribution >= 4 is 39.0 Å². The van der Waals surface area contributed by atoms with Crippen LogP contribution in [0.25, 0.3) is 0 Å². The molecule has 1 aliphatic heterocycles. The molecule has 0 bridgehead atoms. The Balaban J connectivity index is 1.74. The average Bonchev–Trinajstić information content (AvgIpc) is 3.45. The van der Waals surface area contributed by atoms with Crippen LogP contribution in [0.3, 0.4) is 0 Å². The number of halogens is 2. The molecule has 0 spiro atoms. The summed E-state index contributed by atoms with van der Waals surface area (Å²) in [5, 5.41) is 1.05. The summed E-state index contributed by atoms with van der Waals surface area (Å²) in [5.74, 6) is -0.266. The summed E-state index contributed by atoms with van der Waals surface area (Å²) in [6.07, 6.45) is 0. The molecule has 0 N–H and O–H groups in total. The Morgan fingerprint density at radius 2 is 1.34 bits per heavy atom. The molecular formula is C22H17Cl2NO3S. The first-order valence-corrected chi connectivity index (χ1v) is 11.1. The number of sulfonamides is 1. The molecule has 0 saturated carbocycles. The highest BCUT2D eigenvalue weighted by Gasteiger charge is 2.60. The van der Waals surface area contributed by atoms with Crippen LogP contribution in [-0.4, -0.2) is 24.5 Å². The molecule has 1 unspecified atom stereocenters. The number of hydrogen-bond acceptors (Lipinski definition) is 3. The smallest absolute Gasteiger partial charge is 0.244 e. The van der Waals surface area contributed by atoms with Gasteiger partial charge in [-0.2, -0.15) is 4.31 Å². The van der Waals surface area contributed by atoms with E-state index in [1.165, 1.54) is 4.31 Å². The van der Waals surface area contributed by atoms with Crippen LogP contribution in [0.4, 0.5) is 0 Å². The van der Waals surface area contributed by atoms with Crippen molar-refractivity contribution in [2.45, 2.75) is 23.9 Å². The van der Waals surface area contributed by atoms with E-state index < -0.39 is 22.1 Å². The second-order valence-corrected chi connectivity index (χ2v) is 9.68. The van der Waals surface area contributed by atoms with Crippen LogP contribution < -0.4 is 0 Å². The van der Waals surface area contributed by atoms with Gasteiger partial charge in [-0.1, -0.05) is 53.0 Å². The largest absolute Gasteiger partial charge is 0.292 e. The summed E-state index contributed by atoms with van der Waals surface area (Å²) < 4.78 is 27.8. The number of hydrogen-bond donors (Lipinski definition) is 0. The number of rotatable bonds is 5. The Kier molecular flexibility index (Phi) is 5.25. The van der Waals surface area contributed by atoms with E-state index in [9.17, 15) is 13.2 Å². The quantitative estimate of drug-likeness (QED) is 0.395. The van der Waals surface area contributed by atoms with Crippen LogP contribution in [0.5, 0.6) is 0 Å². The molecule has 0 amide bonds. The molecule has 0 radical (unpaired) electrons. The van der Waals surface area contributed by atoms with E-state index in [1.807, 2.05) is 6.92 Å². The van der Waals surface area contributed by atoms with Gasteiger partial charge in [0, 0.05) is 15.6 Å². The van der Waals surface area contributed by atoms with E-state index in [1.54, 1.807) is 72.8 Å². The summed E-state index contributed by atoms with van der Waals surface area (Å²) in [4.78, 5) is 13.3. The lowest BCUT2D eigenvalue weighted by Crippen LogP contribution is -2.19. The number of aryl methyl sites for hydroxylation is 1. The fraction of sp³-hybridized carbons (Fsp3) is 0.136. The van der Waals surface area contributed by atoms with Crippen molar-refractivity contribution in [2.24, 2.45) is 0 Å². The molecule has 0 aromatic heterocycles. The lowest BCUT2D eigenvalue weighted by Gasteiger charge is -2.07. The maximum atomic E-state index is 13.3. The predicted molar refractivity (Wildman–Crippen MR) is 114 cm³/mol. The lowest BCUT2D eigenvalue weighted by atomic mass is 10.0. The number of nitrogens with zero attached hydrogens (tertiary/aromatic N) is 1. The van der Waals surface area contributed by atoms with Crippen LogP contribution in [0.15, 0.2) is 77.7 Å². The molecule has 1 saturated heterocycles. The molecule has 148 valence electrons. The molecule has 3 aromatic carbocycles. The molecule has 1 heterocycles. The van der Waals surface area contributed by atoms with Crippen molar-refractivity contribution in [3.63, 3.8) is 0 Å². The molecule has 4 rings (SSSR count). The number of ketones is 1. The molecule has 1 aliphatic rings. The number of Topliss-reactive ketones (excluding diaryl/α,β-unsaturated/α-hetero) is 1. The van der Waals surface area contributed by atoms with Gasteiger partial charge in [-0.25, -0.2) is 8.42 Å². The fourth-order valence-electron chi connectivity index (χ4n) is 3.38. The summed E-state index contributed by atoms with van der Waals surface area (Å²) >= 11 is 11.9. The number of benzene rings is 3. The normalized spacial score (nSPS) is 21.0. The highest BCUT2D eigenvalue weighted by molar-refractivity contribution is 7.89. The maximum absolute atomic E-state index is 13.3. The summed E-state index contributed by atoms with van der Waals surface area (Å²) in [6.45, 7) is 1.89. The zero-order valence-electron chi connectivity index (χ0n) is 15.4. The van der Waals surface area contributed by atoms with Gasteiger partial charge in [0.25, 0.3) is 0 Å². The van der Waals surface area contributed by atoms with Crippen molar-refractivity contribution < 1.29 is 13.2 Å². The third-order valence-electron chi connectivity index (χ3n) is 4.96. The van der Waals surface area contributed by atoms with Crippen LogP contribution in [0.2, 0.25) is 10.0 Å². The van der Waals surface area contributed by atoms with E-state index in [0.29, 0.717) is 15.6 Å². The minimum atomic E-state index is -3.85. The molecule has 29 heavy (non-hydrogen) atoms. The standard InChI is InChI=1S/C22H17Cl2NO3S/c1-14-2-12-19(13-3-14)29(27,28)25-20(15-4-8-17(23)9-5-15)21(25)22(26)16-6-10-18(24)11-7-16/h2-13,20-21H,1H3/t20-,21+,25?/m0/s1.